The second-order valence-electron chi connectivity index (χ2n) is 4.03. The molecule has 0 aliphatic heterocycles. The molecular weight excluding hydrogens is 325 g/mol. The first kappa shape index (κ1) is 14.9. The predicted molar refractivity (Wildman–Crippen MR) is 79.4 cm³/mol. The number of hydrogen-bond acceptors (Lipinski definition) is 3. The Balaban J connectivity index is 2.38. The van der Waals surface area contributed by atoms with Gasteiger partial charge in [0, 0.05) is 12.1 Å². The monoisotopic (exact) mass is 331 g/mol. The minimum absolute atomic E-state index is 0.104. The van der Waals surface area contributed by atoms with Gasteiger partial charge in [0.15, 0.2) is 5.75 Å². The van der Waals surface area contributed by atoms with Crippen LogP contribution in [0.2, 0.25) is 15.1 Å². The highest BCUT2D eigenvalue weighted by Crippen LogP contribution is 2.40. The summed E-state index contributed by atoms with van der Waals surface area (Å²) in [5.74, 6) is 0.500. The minimum atomic E-state index is -0.540. The van der Waals surface area contributed by atoms with Crippen LogP contribution >= 0.6 is 34.8 Å². The van der Waals surface area contributed by atoms with E-state index in [1.165, 1.54) is 18.2 Å². The Bertz CT molecular complexity index is 666. The highest BCUT2D eigenvalue weighted by molar-refractivity contribution is 6.37. The second kappa shape index (κ2) is 5.87. The third-order valence-electron chi connectivity index (χ3n) is 2.48. The van der Waals surface area contributed by atoms with Gasteiger partial charge in [-0.2, -0.15) is 0 Å². The van der Waals surface area contributed by atoms with Gasteiger partial charge in [-0.3, -0.25) is 10.1 Å². The van der Waals surface area contributed by atoms with E-state index in [2.05, 4.69) is 0 Å². The Morgan fingerprint density at radius 1 is 1.05 bits per heavy atom. The van der Waals surface area contributed by atoms with E-state index in [0.29, 0.717) is 10.0 Å². The zero-order chi connectivity index (χ0) is 14.9. The number of halogens is 3. The van der Waals surface area contributed by atoms with E-state index in [0.717, 1.165) is 5.56 Å². The van der Waals surface area contributed by atoms with Gasteiger partial charge in [0.25, 0.3) is 5.69 Å². The van der Waals surface area contributed by atoms with E-state index < -0.39 is 4.92 Å². The van der Waals surface area contributed by atoms with Crippen LogP contribution in [-0.4, -0.2) is 4.92 Å². The van der Waals surface area contributed by atoms with E-state index in [-0.39, 0.29) is 22.2 Å². The third-order valence-corrected chi connectivity index (χ3v) is 3.34. The van der Waals surface area contributed by atoms with Gasteiger partial charge < -0.3 is 4.74 Å². The van der Waals surface area contributed by atoms with Crippen molar-refractivity contribution in [3.05, 3.63) is 61.1 Å². The van der Waals surface area contributed by atoms with E-state index in [4.69, 9.17) is 39.5 Å². The fourth-order valence-electron chi connectivity index (χ4n) is 1.58. The van der Waals surface area contributed by atoms with Gasteiger partial charge in [-0.1, -0.05) is 34.8 Å². The van der Waals surface area contributed by atoms with Gasteiger partial charge in [-0.05, 0) is 30.7 Å². The number of hydrogen-bond donors (Lipinski definition) is 0. The first-order valence-corrected chi connectivity index (χ1v) is 6.59. The Morgan fingerprint density at radius 3 is 2.15 bits per heavy atom. The summed E-state index contributed by atoms with van der Waals surface area (Å²) in [6.07, 6.45) is 0. The number of aryl methyl sites for hydroxylation is 1. The lowest BCUT2D eigenvalue weighted by Crippen LogP contribution is -1.91. The number of nitrogens with zero attached hydrogens (tertiary/aromatic N) is 1. The van der Waals surface area contributed by atoms with Crippen molar-refractivity contribution in [2.45, 2.75) is 6.92 Å². The van der Waals surface area contributed by atoms with E-state index in [1.54, 1.807) is 12.1 Å². The average molecular weight is 333 g/mol. The molecule has 20 heavy (non-hydrogen) atoms. The zero-order valence-electron chi connectivity index (χ0n) is 10.2. The molecule has 7 heteroatoms. The first-order chi connectivity index (χ1) is 9.38. The summed E-state index contributed by atoms with van der Waals surface area (Å²) >= 11 is 18.1. The number of nitro benzene ring substituents is 1. The minimum Gasteiger partial charge on any atom is -0.453 e. The molecule has 0 fully saturated rings. The van der Waals surface area contributed by atoms with Crippen molar-refractivity contribution in [3.8, 4) is 11.5 Å². The topological polar surface area (TPSA) is 52.4 Å². The number of benzene rings is 2. The summed E-state index contributed by atoms with van der Waals surface area (Å²) in [4.78, 5) is 10.1. The molecule has 0 bridgehead atoms. The van der Waals surface area contributed by atoms with Crippen LogP contribution in [0.5, 0.6) is 11.5 Å². The van der Waals surface area contributed by atoms with Gasteiger partial charge in [0.2, 0.25) is 0 Å². The van der Waals surface area contributed by atoms with Crippen molar-refractivity contribution >= 4 is 40.5 Å². The van der Waals surface area contributed by atoms with Gasteiger partial charge >= 0.3 is 0 Å². The van der Waals surface area contributed by atoms with Gasteiger partial charge in [-0.15, -0.1) is 0 Å². The van der Waals surface area contributed by atoms with Crippen molar-refractivity contribution in [2.75, 3.05) is 0 Å². The van der Waals surface area contributed by atoms with Crippen molar-refractivity contribution < 1.29 is 9.66 Å². The number of non-ortho nitro benzene ring substituents is 1. The quantitative estimate of drug-likeness (QED) is 0.538. The highest BCUT2D eigenvalue weighted by atomic mass is 35.5. The molecule has 4 nitrogen and oxygen atoms in total. The lowest BCUT2D eigenvalue weighted by Gasteiger charge is -2.11. The van der Waals surface area contributed by atoms with Crippen molar-refractivity contribution in [1.29, 1.82) is 0 Å². The smallest absolute Gasteiger partial charge is 0.271 e. The second-order valence-corrected chi connectivity index (χ2v) is 5.25. The summed E-state index contributed by atoms with van der Waals surface area (Å²) < 4.78 is 5.54. The zero-order valence-corrected chi connectivity index (χ0v) is 12.5. The lowest BCUT2D eigenvalue weighted by molar-refractivity contribution is -0.384. The van der Waals surface area contributed by atoms with Crippen LogP contribution < -0.4 is 4.74 Å². The molecule has 0 aliphatic carbocycles. The van der Waals surface area contributed by atoms with Gasteiger partial charge in [0.05, 0.1) is 20.0 Å². The maximum atomic E-state index is 10.6. The Labute approximate surface area is 130 Å². The summed E-state index contributed by atoms with van der Waals surface area (Å²) in [6, 6.07) is 7.28. The van der Waals surface area contributed by atoms with Crippen LogP contribution in [0.1, 0.15) is 5.56 Å². The highest BCUT2D eigenvalue weighted by Gasteiger charge is 2.14. The maximum Gasteiger partial charge on any atom is 0.271 e. The molecule has 0 N–H and O–H groups in total. The Morgan fingerprint density at radius 2 is 1.65 bits per heavy atom. The van der Waals surface area contributed by atoms with Crippen LogP contribution in [0, 0.1) is 17.0 Å². The number of ether oxygens (including phenoxy) is 1. The molecule has 104 valence electrons. The van der Waals surface area contributed by atoms with Crippen LogP contribution in [0.25, 0.3) is 0 Å². The SMILES string of the molecule is Cc1cc(Cl)c(Oc2ccc([N+](=O)[O-])cc2Cl)c(Cl)c1. The molecule has 0 aromatic heterocycles. The fraction of sp³-hybridized carbons (Fsp3) is 0.0769. The normalized spacial score (nSPS) is 10.4. The van der Waals surface area contributed by atoms with E-state index >= 15 is 0 Å². The molecule has 0 unspecified atom stereocenters. The third kappa shape index (κ3) is 3.15. The lowest BCUT2D eigenvalue weighted by atomic mass is 10.2. The molecule has 0 aliphatic rings. The van der Waals surface area contributed by atoms with E-state index in [1.807, 2.05) is 6.92 Å². The van der Waals surface area contributed by atoms with Crippen LogP contribution in [-0.2, 0) is 0 Å². The molecule has 0 radical (unpaired) electrons. The summed E-state index contributed by atoms with van der Waals surface area (Å²) in [6.45, 7) is 1.85. The molecule has 2 rings (SSSR count). The van der Waals surface area contributed by atoms with Crippen molar-refractivity contribution in [3.63, 3.8) is 0 Å². The molecule has 2 aromatic rings. The molecule has 0 amide bonds. The molecule has 0 heterocycles. The molecule has 0 saturated heterocycles. The van der Waals surface area contributed by atoms with Crippen molar-refractivity contribution in [1.82, 2.24) is 0 Å². The van der Waals surface area contributed by atoms with Crippen LogP contribution in [0.3, 0.4) is 0 Å². The Kier molecular flexibility index (Phi) is 4.38. The van der Waals surface area contributed by atoms with Crippen molar-refractivity contribution in [2.24, 2.45) is 0 Å². The fourth-order valence-corrected chi connectivity index (χ4v) is 2.47. The molecule has 2 aromatic carbocycles. The summed E-state index contributed by atoms with van der Waals surface area (Å²) in [5.41, 5.74) is 0.769. The Hall–Kier alpha value is -1.49. The first-order valence-electron chi connectivity index (χ1n) is 5.46. The molecule has 0 spiro atoms. The number of rotatable bonds is 3. The largest absolute Gasteiger partial charge is 0.453 e. The summed E-state index contributed by atoms with van der Waals surface area (Å²) in [5, 5.41) is 11.4. The molecule has 0 saturated carbocycles. The predicted octanol–water partition coefficient (Wildman–Crippen LogP) is 5.66. The summed E-state index contributed by atoms with van der Waals surface area (Å²) in [7, 11) is 0. The standard InChI is InChI=1S/C13H8Cl3NO3/c1-7-4-10(15)13(11(16)5-7)20-12-3-2-8(17(18)19)6-9(12)14/h2-6H,1H3. The number of nitro groups is 1. The van der Waals surface area contributed by atoms with Crippen LogP contribution in [0.15, 0.2) is 30.3 Å². The molecular formula is C13H8Cl3NO3. The average Bonchev–Trinajstić information content (AvgIpc) is 2.34. The maximum absolute atomic E-state index is 10.6. The molecule has 0 atom stereocenters. The van der Waals surface area contributed by atoms with Gasteiger partial charge in [0.1, 0.15) is 5.75 Å². The van der Waals surface area contributed by atoms with E-state index in [9.17, 15) is 10.1 Å². The van der Waals surface area contributed by atoms with Crippen LogP contribution in [0.4, 0.5) is 5.69 Å². The van der Waals surface area contributed by atoms with Gasteiger partial charge in [-0.25, -0.2) is 0 Å².